The molecule has 1 atom stereocenters. The maximum absolute atomic E-state index is 11.8. The van der Waals surface area contributed by atoms with Crippen LogP contribution in [0.2, 0.25) is 0 Å². The summed E-state index contributed by atoms with van der Waals surface area (Å²) in [6.07, 6.45) is 0.173. The summed E-state index contributed by atoms with van der Waals surface area (Å²) in [5.74, 6) is 0.527. The first-order valence-electron chi connectivity index (χ1n) is 6.33. The molecule has 2 aromatic carbocycles. The first kappa shape index (κ1) is 13.1. The molecule has 0 saturated heterocycles. The second kappa shape index (κ2) is 5.21. The lowest BCUT2D eigenvalue weighted by atomic mass is 10.1. The zero-order valence-corrected chi connectivity index (χ0v) is 11.9. The van der Waals surface area contributed by atoms with Crippen molar-refractivity contribution in [1.29, 1.82) is 0 Å². The van der Waals surface area contributed by atoms with Crippen LogP contribution in [0.3, 0.4) is 0 Å². The van der Waals surface area contributed by atoms with Crippen molar-refractivity contribution >= 4 is 17.7 Å². The predicted molar refractivity (Wildman–Crippen MR) is 77.7 cm³/mol. The number of benzene rings is 2. The highest BCUT2D eigenvalue weighted by Crippen LogP contribution is 2.54. The van der Waals surface area contributed by atoms with Gasteiger partial charge in [-0.05, 0) is 12.1 Å². The fourth-order valence-electron chi connectivity index (χ4n) is 2.24. The van der Waals surface area contributed by atoms with Crippen molar-refractivity contribution in [2.45, 2.75) is 16.2 Å². The Morgan fingerprint density at radius 3 is 2.55 bits per heavy atom. The van der Waals surface area contributed by atoms with Gasteiger partial charge in [-0.15, -0.1) is 0 Å². The zero-order chi connectivity index (χ0) is 14.0. The lowest BCUT2D eigenvalue weighted by molar-refractivity contribution is -0.143. The van der Waals surface area contributed by atoms with E-state index in [1.54, 1.807) is 11.8 Å². The molecule has 3 nitrogen and oxygen atoms in total. The normalized spacial score (nSPS) is 20.1. The molecule has 0 aromatic heterocycles. The lowest BCUT2D eigenvalue weighted by Crippen LogP contribution is -2.29. The molecule has 1 aliphatic heterocycles. The third kappa shape index (κ3) is 2.27. The monoisotopic (exact) mass is 286 g/mol. The highest BCUT2D eigenvalue weighted by Gasteiger charge is 2.44. The first-order valence-corrected chi connectivity index (χ1v) is 7.14. The van der Waals surface area contributed by atoms with E-state index in [2.05, 4.69) is 0 Å². The molecule has 0 bridgehead atoms. The van der Waals surface area contributed by atoms with E-state index in [0.717, 1.165) is 16.2 Å². The van der Waals surface area contributed by atoms with Crippen molar-refractivity contribution in [2.24, 2.45) is 0 Å². The van der Waals surface area contributed by atoms with Crippen LogP contribution in [0, 0.1) is 0 Å². The van der Waals surface area contributed by atoms with Crippen LogP contribution in [0.1, 0.15) is 12.0 Å². The van der Waals surface area contributed by atoms with E-state index in [-0.39, 0.29) is 12.4 Å². The van der Waals surface area contributed by atoms with Gasteiger partial charge in [0, 0.05) is 5.56 Å². The molecule has 2 aromatic rings. The minimum Gasteiger partial charge on any atom is -0.470 e. The Balaban J connectivity index is 2.01. The van der Waals surface area contributed by atoms with Crippen LogP contribution in [-0.2, 0) is 14.5 Å². The Hall–Kier alpha value is -1.94. The number of carbonyl (C=O) groups excluding carboxylic acids is 1. The second-order valence-corrected chi connectivity index (χ2v) is 5.83. The van der Waals surface area contributed by atoms with Gasteiger partial charge in [0.25, 0.3) is 0 Å². The van der Waals surface area contributed by atoms with Crippen LogP contribution in [0.15, 0.2) is 59.5 Å². The van der Waals surface area contributed by atoms with Crippen molar-refractivity contribution in [2.75, 3.05) is 7.11 Å². The van der Waals surface area contributed by atoms with Crippen molar-refractivity contribution in [3.8, 4) is 5.75 Å². The summed E-state index contributed by atoms with van der Waals surface area (Å²) in [5, 5.41) is 0. The maximum Gasteiger partial charge on any atom is 0.310 e. The Bertz CT molecular complexity index is 600. The fraction of sp³-hybridized carbons (Fsp3) is 0.188. The van der Waals surface area contributed by atoms with Gasteiger partial charge >= 0.3 is 5.97 Å². The average molecular weight is 286 g/mol. The van der Waals surface area contributed by atoms with Gasteiger partial charge in [-0.3, -0.25) is 4.79 Å². The number of carbonyl (C=O) groups is 1. The lowest BCUT2D eigenvalue weighted by Gasteiger charge is -2.27. The van der Waals surface area contributed by atoms with E-state index >= 15 is 0 Å². The smallest absolute Gasteiger partial charge is 0.310 e. The topological polar surface area (TPSA) is 35.5 Å². The standard InChI is InChI=1S/C16H14O3S/c1-18-15(17)11-16(12-7-3-2-4-8-12)19-13-9-5-6-10-14(13)20-16/h2-10H,11H2,1H3. The van der Waals surface area contributed by atoms with Crippen LogP contribution < -0.4 is 4.74 Å². The molecular weight excluding hydrogens is 272 g/mol. The Labute approximate surface area is 121 Å². The quantitative estimate of drug-likeness (QED) is 0.808. The van der Waals surface area contributed by atoms with E-state index in [1.165, 1.54) is 7.11 Å². The molecular formula is C16H14O3S. The molecule has 20 heavy (non-hydrogen) atoms. The highest BCUT2D eigenvalue weighted by molar-refractivity contribution is 8.00. The predicted octanol–water partition coefficient (Wildman–Crippen LogP) is 3.59. The number of para-hydroxylation sites is 1. The first-order chi connectivity index (χ1) is 9.73. The number of hydrogen-bond acceptors (Lipinski definition) is 4. The Morgan fingerprint density at radius 1 is 1.15 bits per heavy atom. The molecule has 1 aliphatic rings. The largest absolute Gasteiger partial charge is 0.470 e. The minimum atomic E-state index is -0.738. The van der Waals surface area contributed by atoms with Gasteiger partial charge in [-0.2, -0.15) is 0 Å². The fourth-order valence-corrected chi connectivity index (χ4v) is 3.53. The van der Waals surface area contributed by atoms with E-state index < -0.39 is 4.93 Å². The molecule has 0 aliphatic carbocycles. The van der Waals surface area contributed by atoms with Crippen LogP contribution >= 0.6 is 11.8 Å². The molecule has 0 saturated carbocycles. The van der Waals surface area contributed by atoms with Crippen LogP contribution in [0.5, 0.6) is 5.75 Å². The van der Waals surface area contributed by atoms with Crippen molar-refractivity contribution in [3.63, 3.8) is 0 Å². The number of ether oxygens (including phenoxy) is 2. The number of fused-ring (bicyclic) bond motifs is 1. The molecule has 4 heteroatoms. The highest BCUT2D eigenvalue weighted by atomic mass is 32.2. The summed E-state index contributed by atoms with van der Waals surface area (Å²) in [7, 11) is 1.40. The number of thioether (sulfide) groups is 1. The molecule has 3 rings (SSSR count). The van der Waals surface area contributed by atoms with Crippen LogP contribution in [0.4, 0.5) is 0 Å². The molecule has 0 N–H and O–H groups in total. The van der Waals surface area contributed by atoms with Crippen molar-refractivity contribution < 1.29 is 14.3 Å². The summed E-state index contributed by atoms with van der Waals surface area (Å²) < 4.78 is 10.9. The average Bonchev–Trinajstić information content (AvgIpc) is 2.87. The number of rotatable bonds is 3. The molecule has 0 amide bonds. The summed E-state index contributed by atoms with van der Waals surface area (Å²) in [6, 6.07) is 17.6. The van der Waals surface area contributed by atoms with E-state index in [1.807, 2.05) is 54.6 Å². The summed E-state index contributed by atoms with van der Waals surface area (Å²) in [5.41, 5.74) is 0.964. The maximum atomic E-state index is 11.8. The van der Waals surface area contributed by atoms with Gasteiger partial charge in [-0.1, -0.05) is 54.2 Å². The number of hydrogen-bond donors (Lipinski definition) is 0. The zero-order valence-electron chi connectivity index (χ0n) is 11.0. The Kier molecular flexibility index (Phi) is 3.40. The molecule has 102 valence electrons. The van der Waals surface area contributed by atoms with Crippen molar-refractivity contribution in [1.82, 2.24) is 0 Å². The Morgan fingerprint density at radius 2 is 1.85 bits per heavy atom. The van der Waals surface area contributed by atoms with E-state index in [0.29, 0.717) is 0 Å². The van der Waals surface area contributed by atoms with E-state index in [9.17, 15) is 4.79 Å². The molecule has 0 fully saturated rings. The molecule has 1 heterocycles. The number of methoxy groups -OCH3 is 1. The van der Waals surface area contributed by atoms with Gasteiger partial charge in [0.2, 0.25) is 0 Å². The van der Waals surface area contributed by atoms with Crippen LogP contribution in [0.25, 0.3) is 0 Å². The molecule has 0 radical (unpaired) electrons. The summed E-state index contributed by atoms with van der Waals surface area (Å²) in [4.78, 5) is 12.1. The van der Waals surface area contributed by atoms with Gasteiger partial charge in [0.15, 0.2) is 4.93 Å². The van der Waals surface area contributed by atoms with Gasteiger partial charge in [0.1, 0.15) is 5.75 Å². The number of esters is 1. The van der Waals surface area contributed by atoms with E-state index in [4.69, 9.17) is 9.47 Å². The van der Waals surface area contributed by atoms with Gasteiger partial charge in [-0.25, -0.2) is 0 Å². The van der Waals surface area contributed by atoms with Crippen molar-refractivity contribution in [3.05, 3.63) is 60.2 Å². The van der Waals surface area contributed by atoms with Gasteiger partial charge in [0.05, 0.1) is 18.4 Å². The van der Waals surface area contributed by atoms with Gasteiger partial charge < -0.3 is 9.47 Å². The SMILES string of the molecule is COC(=O)CC1(c2ccccc2)Oc2ccccc2S1. The van der Waals surface area contributed by atoms with Crippen LogP contribution in [-0.4, -0.2) is 13.1 Å². The minimum absolute atomic E-state index is 0.173. The molecule has 0 spiro atoms. The molecule has 1 unspecified atom stereocenters. The summed E-state index contributed by atoms with van der Waals surface area (Å²) in [6.45, 7) is 0. The third-order valence-corrected chi connectivity index (χ3v) is 4.57. The third-order valence-electron chi connectivity index (χ3n) is 3.22. The second-order valence-electron chi connectivity index (χ2n) is 4.52. The summed E-state index contributed by atoms with van der Waals surface area (Å²) >= 11 is 1.56.